The van der Waals surface area contributed by atoms with E-state index in [1.54, 1.807) is 82.0 Å². The molecule has 0 radical (unpaired) electrons. The molecule has 0 fully saturated rings. The number of amides is 2. The summed E-state index contributed by atoms with van der Waals surface area (Å²) in [5.74, 6) is -0.972. The van der Waals surface area contributed by atoms with Crippen molar-refractivity contribution < 1.29 is 38.8 Å². The Balaban J connectivity index is 2.26. The van der Waals surface area contributed by atoms with Crippen LogP contribution in [0.1, 0.15) is 48.0 Å². The Labute approximate surface area is 221 Å². The Hall–Kier alpha value is -3.80. The van der Waals surface area contributed by atoms with Gasteiger partial charge in [-0.3, -0.25) is 0 Å². The summed E-state index contributed by atoms with van der Waals surface area (Å²) in [5, 5.41) is 20.9. The van der Waals surface area contributed by atoms with Crippen LogP contribution in [0.15, 0.2) is 35.5 Å². The molecule has 0 aliphatic rings. The maximum absolute atomic E-state index is 12.5. The van der Waals surface area contributed by atoms with Gasteiger partial charge in [-0.2, -0.15) is 0 Å². The number of hydrogen-bond acceptors (Lipinski definition) is 7. The molecule has 0 aliphatic carbocycles. The van der Waals surface area contributed by atoms with Gasteiger partial charge in [0.25, 0.3) is 0 Å². The van der Waals surface area contributed by atoms with Crippen molar-refractivity contribution in [1.29, 1.82) is 0 Å². The molecule has 12 nitrogen and oxygen atoms in total. The Kier molecular flexibility index (Phi) is 10.1. The molecule has 0 bridgehead atoms. The molecule has 2 aromatic rings. The SMILES string of the molecule is Cn1c(-c2ccc(OCC(O)C(=O)O)cc2)cn(CCCNC(=O)OC(C)(C)C)/c1=N\C(=O)OC(C)(C)C. The Bertz CT molecular complexity index is 1180. The first-order chi connectivity index (χ1) is 17.6. The van der Waals surface area contributed by atoms with Crippen LogP contribution in [-0.2, 0) is 27.9 Å². The van der Waals surface area contributed by atoms with Crippen LogP contribution in [-0.4, -0.2) is 68.0 Å². The Morgan fingerprint density at radius 2 is 1.63 bits per heavy atom. The van der Waals surface area contributed by atoms with Crippen LogP contribution in [0.3, 0.4) is 0 Å². The third-order valence-electron chi connectivity index (χ3n) is 4.87. The average molecular weight is 535 g/mol. The lowest BCUT2D eigenvalue weighted by atomic mass is 10.1. The lowest BCUT2D eigenvalue weighted by molar-refractivity contribution is -0.148. The number of hydrogen-bond donors (Lipinski definition) is 3. The number of aliphatic hydroxyl groups is 1. The van der Waals surface area contributed by atoms with Gasteiger partial charge in [0.05, 0.1) is 5.69 Å². The van der Waals surface area contributed by atoms with Crippen molar-refractivity contribution in [3.05, 3.63) is 36.1 Å². The minimum absolute atomic E-state index is 0.353. The molecule has 0 spiro atoms. The number of imidazole rings is 1. The van der Waals surface area contributed by atoms with Gasteiger partial charge >= 0.3 is 18.2 Å². The summed E-state index contributed by atoms with van der Waals surface area (Å²) in [6.45, 7) is 11.1. The Morgan fingerprint density at radius 3 is 2.18 bits per heavy atom. The summed E-state index contributed by atoms with van der Waals surface area (Å²) in [6, 6.07) is 6.83. The molecule has 0 saturated carbocycles. The number of rotatable bonds is 9. The molecule has 1 aromatic carbocycles. The fourth-order valence-electron chi connectivity index (χ4n) is 3.25. The second-order valence-corrected chi connectivity index (χ2v) is 10.6. The van der Waals surface area contributed by atoms with Crippen molar-refractivity contribution in [2.75, 3.05) is 13.2 Å². The van der Waals surface area contributed by atoms with Crippen LogP contribution in [0, 0.1) is 0 Å². The number of ether oxygens (including phenoxy) is 3. The van der Waals surface area contributed by atoms with Crippen molar-refractivity contribution in [1.82, 2.24) is 14.5 Å². The number of aliphatic carboxylic acids is 1. The number of carboxylic acid groups (broad SMARTS) is 1. The van der Waals surface area contributed by atoms with E-state index in [9.17, 15) is 19.5 Å². The summed E-state index contributed by atoms with van der Waals surface area (Å²) in [7, 11) is 1.77. The molecule has 1 atom stereocenters. The molecule has 2 amide bonds. The normalized spacial score (nSPS) is 13.1. The van der Waals surface area contributed by atoms with Crippen molar-refractivity contribution >= 4 is 18.2 Å². The molecule has 38 heavy (non-hydrogen) atoms. The first-order valence-electron chi connectivity index (χ1n) is 12.2. The van der Waals surface area contributed by atoms with Gasteiger partial charge < -0.3 is 38.9 Å². The van der Waals surface area contributed by atoms with E-state index in [1.807, 2.05) is 6.20 Å². The van der Waals surface area contributed by atoms with Gasteiger partial charge in [-0.15, -0.1) is 4.99 Å². The molecule has 1 heterocycles. The average Bonchev–Trinajstić information content (AvgIpc) is 3.08. The maximum atomic E-state index is 12.5. The first-order valence-corrected chi connectivity index (χ1v) is 12.2. The van der Waals surface area contributed by atoms with Gasteiger partial charge in [-0.25, -0.2) is 14.4 Å². The number of benzene rings is 1. The zero-order valence-electron chi connectivity index (χ0n) is 23.0. The fraction of sp³-hybridized carbons (Fsp3) is 0.538. The highest BCUT2D eigenvalue weighted by Gasteiger charge is 2.18. The third kappa shape index (κ3) is 9.92. The number of aryl methyl sites for hydroxylation is 1. The van der Waals surface area contributed by atoms with E-state index in [0.29, 0.717) is 30.9 Å². The van der Waals surface area contributed by atoms with E-state index in [1.165, 1.54) is 0 Å². The lowest BCUT2D eigenvalue weighted by Crippen LogP contribution is -2.34. The van der Waals surface area contributed by atoms with E-state index in [0.717, 1.165) is 11.3 Å². The molecule has 1 unspecified atom stereocenters. The smallest absolute Gasteiger partial charge is 0.437 e. The summed E-state index contributed by atoms with van der Waals surface area (Å²) in [5.41, 5.74) is 0.579. The second-order valence-electron chi connectivity index (χ2n) is 10.6. The highest BCUT2D eigenvalue weighted by molar-refractivity contribution is 5.72. The highest BCUT2D eigenvalue weighted by Crippen LogP contribution is 2.22. The zero-order chi connectivity index (χ0) is 28.7. The van der Waals surface area contributed by atoms with Gasteiger partial charge in [0.15, 0.2) is 6.10 Å². The quantitative estimate of drug-likeness (QED) is 0.415. The van der Waals surface area contributed by atoms with Gasteiger partial charge in [0.1, 0.15) is 23.6 Å². The maximum Gasteiger partial charge on any atom is 0.437 e. The van der Waals surface area contributed by atoms with Crippen LogP contribution in [0.5, 0.6) is 5.75 Å². The summed E-state index contributed by atoms with van der Waals surface area (Å²) in [4.78, 5) is 39.4. The summed E-state index contributed by atoms with van der Waals surface area (Å²) >= 11 is 0. The first kappa shape index (κ1) is 30.4. The van der Waals surface area contributed by atoms with Crippen molar-refractivity contribution in [2.45, 2.75) is 71.8 Å². The lowest BCUT2D eigenvalue weighted by Gasteiger charge is -2.19. The number of nitrogens with one attached hydrogen (secondary N) is 1. The number of nitrogens with zero attached hydrogens (tertiary/aromatic N) is 3. The predicted molar refractivity (Wildman–Crippen MR) is 139 cm³/mol. The molecule has 0 saturated heterocycles. The minimum atomic E-state index is -1.62. The topological polar surface area (TPSA) is 154 Å². The standard InChI is InChI=1S/C26H38N4O8/c1-25(2,3)37-23(34)27-13-8-14-30-15-19(29(7)22(30)28-24(35)38-26(4,5)6)17-9-11-18(12-10-17)36-16-20(31)21(32)33/h9-12,15,20,31H,8,13-14,16H2,1-7H3,(H,27,34)(H,32,33)/b28-22-. The number of aliphatic hydroxyl groups excluding tert-OH is 1. The van der Waals surface area contributed by atoms with Gasteiger partial charge in [0, 0.05) is 26.3 Å². The minimum Gasteiger partial charge on any atom is -0.490 e. The molecule has 1 aromatic heterocycles. The van der Waals surface area contributed by atoms with Crippen LogP contribution < -0.4 is 15.7 Å². The van der Waals surface area contributed by atoms with Gasteiger partial charge in [-0.1, -0.05) is 0 Å². The molecular formula is C26H38N4O8. The number of alkyl carbamates (subject to hydrolysis) is 1. The largest absolute Gasteiger partial charge is 0.490 e. The molecule has 2 rings (SSSR count). The second kappa shape index (κ2) is 12.6. The molecule has 0 aliphatic heterocycles. The van der Waals surface area contributed by atoms with E-state index >= 15 is 0 Å². The van der Waals surface area contributed by atoms with Crippen LogP contribution in [0.2, 0.25) is 0 Å². The van der Waals surface area contributed by atoms with E-state index in [2.05, 4.69) is 10.3 Å². The number of carboxylic acids is 1. The van der Waals surface area contributed by atoms with Crippen LogP contribution in [0.4, 0.5) is 9.59 Å². The van der Waals surface area contributed by atoms with Crippen molar-refractivity contribution in [2.24, 2.45) is 12.0 Å². The summed E-state index contributed by atoms with van der Waals surface area (Å²) in [6.07, 6.45) is -0.480. The van der Waals surface area contributed by atoms with Crippen molar-refractivity contribution in [3.8, 4) is 17.0 Å². The number of carbonyl (C=O) groups excluding carboxylic acids is 2. The molecule has 210 valence electrons. The Morgan fingerprint density at radius 1 is 1.03 bits per heavy atom. The molecular weight excluding hydrogens is 496 g/mol. The molecule has 3 N–H and O–H groups in total. The fourth-order valence-corrected chi connectivity index (χ4v) is 3.25. The van der Waals surface area contributed by atoms with Gasteiger partial charge in [0.2, 0.25) is 5.62 Å². The van der Waals surface area contributed by atoms with Crippen LogP contribution in [0.25, 0.3) is 11.3 Å². The zero-order valence-corrected chi connectivity index (χ0v) is 23.0. The third-order valence-corrected chi connectivity index (χ3v) is 4.87. The predicted octanol–water partition coefficient (Wildman–Crippen LogP) is 3.07. The highest BCUT2D eigenvalue weighted by atomic mass is 16.6. The monoisotopic (exact) mass is 534 g/mol. The van der Waals surface area contributed by atoms with E-state index in [-0.39, 0.29) is 6.61 Å². The van der Waals surface area contributed by atoms with Crippen LogP contribution >= 0.6 is 0 Å². The van der Waals surface area contributed by atoms with Gasteiger partial charge in [-0.05, 0) is 77.8 Å². The van der Waals surface area contributed by atoms with E-state index < -0.39 is 35.5 Å². The van der Waals surface area contributed by atoms with E-state index in [4.69, 9.17) is 19.3 Å². The summed E-state index contributed by atoms with van der Waals surface area (Å²) < 4.78 is 19.5. The van der Waals surface area contributed by atoms with Crippen molar-refractivity contribution in [3.63, 3.8) is 0 Å². The molecule has 12 heteroatoms. The number of carbonyl (C=O) groups is 3. The number of aromatic nitrogens is 2.